The normalized spacial score (nSPS) is 10.5. The number of hydrogen-bond acceptors (Lipinski definition) is 7. The Hall–Kier alpha value is -3.69. The lowest BCUT2D eigenvalue weighted by Crippen LogP contribution is -2.26. The third-order valence-electron chi connectivity index (χ3n) is 4.59. The van der Waals surface area contributed by atoms with Crippen molar-refractivity contribution in [3.63, 3.8) is 0 Å². The Morgan fingerprint density at radius 3 is 2.14 bits per heavy atom. The molecule has 4 rings (SSSR count). The number of benzene rings is 3. The first kappa shape index (κ1) is 25.9. The Balaban J connectivity index is 0.000000225. The zero-order valence-corrected chi connectivity index (χ0v) is 21.0. The monoisotopic (exact) mass is 492 g/mol. The molecule has 0 aliphatic carbocycles. The first-order valence-corrected chi connectivity index (χ1v) is 12.2. The van der Waals surface area contributed by atoms with E-state index in [1.807, 2.05) is 92.8 Å². The zero-order valence-electron chi connectivity index (χ0n) is 20.2. The highest BCUT2D eigenvalue weighted by molar-refractivity contribution is 7.99. The maximum Gasteiger partial charge on any atom is 0.238 e. The van der Waals surface area contributed by atoms with Gasteiger partial charge in [0.2, 0.25) is 5.91 Å². The average Bonchev–Trinajstić information content (AvgIpc) is 2.79. The van der Waals surface area contributed by atoms with Gasteiger partial charge in [-0.05, 0) is 69.0 Å². The smallest absolute Gasteiger partial charge is 0.238 e. The number of hydrogen-bond donors (Lipinski definition) is 3. The van der Waals surface area contributed by atoms with Crippen LogP contribution in [0.25, 0.3) is 11.0 Å². The molecule has 3 N–H and O–H groups in total. The minimum atomic E-state index is -0.282. The highest BCUT2D eigenvalue weighted by Crippen LogP contribution is 2.27. The lowest BCUT2D eigenvalue weighted by atomic mass is 10.2. The summed E-state index contributed by atoms with van der Waals surface area (Å²) >= 11 is 1.43. The standard InChI is InChI=1S/C16H15FN4S.C10H14N2O/c1-10-7-11(17)9-12(8-10)18-15-16(21-22-2)20-14-6-4-3-5-13(14)19-15;1-12(2)8-10(13)11-9-6-4-3-5-7-9/h3-9H,1-2H3,(H,18,19)(H,20,21);3-7H,8H2,1-2H3,(H,11,13). The van der Waals surface area contributed by atoms with E-state index in [0.29, 0.717) is 23.9 Å². The molecule has 0 saturated carbocycles. The van der Waals surface area contributed by atoms with Crippen LogP contribution in [0.3, 0.4) is 0 Å². The molecule has 7 nitrogen and oxygen atoms in total. The molecule has 1 amide bonds. The Kier molecular flexibility index (Phi) is 9.39. The Morgan fingerprint density at radius 1 is 0.914 bits per heavy atom. The summed E-state index contributed by atoms with van der Waals surface area (Å²) in [6.45, 7) is 2.26. The van der Waals surface area contributed by atoms with E-state index in [1.165, 1.54) is 24.1 Å². The van der Waals surface area contributed by atoms with Crippen molar-refractivity contribution in [1.82, 2.24) is 14.9 Å². The second kappa shape index (κ2) is 12.7. The highest BCUT2D eigenvalue weighted by atomic mass is 32.2. The Labute approximate surface area is 209 Å². The predicted molar refractivity (Wildman–Crippen MR) is 145 cm³/mol. The molecular formula is C26H29FN6OS. The molecule has 35 heavy (non-hydrogen) atoms. The van der Waals surface area contributed by atoms with Crippen LogP contribution < -0.4 is 15.4 Å². The SMILES string of the molecule is CN(C)CC(=O)Nc1ccccc1.CSNc1nc2ccccc2nc1Nc1cc(C)cc(F)c1. The first-order chi connectivity index (χ1) is 16.8. The third-order valence-corrected chi connectivity index (χ3v) is 4.99. The molecule has 0 spiro atoms. The van der Waals surface area contributed by atoms with Gasteiger partial charge in [-0.2, -0.15) is 0 Å². The molecule has 1 aromatic heterocycles. The number of carbonyl (C=O) groups excluding carboxylic acids is 1. The van der Waals surface area contributed by atoms with Crippen molar-refractivity contribution in [2.24, 2.45) is 0 Å². The molecule has 9 heteroatoms. The number of halogens is 1. The van der Waals surface area contributed by atoms with Gasteiger partial charge in [0, 0.05) is 17.6 Å². The van der Waals surface area contributed by atoms with Crippen LogP contribution in [0, 0.1) is 12.7 Å². The summed E-state index contributed by atoms with van der Waals surface area (Å²) in [7, 11) is 3.73. The van der Waals surface area contributed by atoms with Crippen molar-refractivity contribution in [3.05, 3.63) is 84.2 Å². The molecular weight excluding hydrogens is 463 g/mol. The molecule has 0 aliphatic rings. The van der Waals surface area contributed by atoms with E-state index in [2.05, 4.69) is 25.3 Å². The van der Waals surface area contributed by atoms with Gasteiger partial charge in [-0.25, -0.2) is 14.4 Å². The molecule has 3 aromatic carbocycles. The van der Waals surface area contributed by atoms with Crippen molar-refractivity contribution in [2.45, 2.75) is 6.92 Å². The fourth-order valence-electron chi connectivity index (χ4n) is 3.21. The fourth-order valence-corrected chi connectivity index (χ4v) is 3.55. The number of nitrogens with one attached hydrogen (secondary N) is 3. The van der Waals surface area contributed by atoms with Crippen LogP contribution >= 0.6 is 11.9 Å². The average molecular weight is 493 g/mol. The quantitative estimate of drug-likeness (QED) is 0.286. The maximum absolute atomic E-state index is 13.5. The minimum absolute atomic E-state index is 0.0104. The van der Waals surface area contributed by atoms with Gasteiger partial charge in [0.15, 0.2) is 11.6 Å². The summed E-state index contributed by atoms with van der Waals surface area (Å²) in [5, 5.41) is 5.93. The largest absolute Gasteiger partial charge is 0.337 e. The second-order valence-corrected chi connectivity index (χ2v) is 8.62. The lowest BCUT2D eigenvalue weighted by molar-refractivity contribution is -0.116. The predicted octanol–water partition coefficient (Wildman–Crippen LogP) is 5.70. The van der Waals surface area contributed by atoms with E-state index < -0.39 is 0 Å². The molecule has 1 heterocycles. The number of aryl methyl sites for hydroxylation is 1. The van der Waals surface area contributed by atoms with Gasteiger partial charge in [0.05, 0.1) is 17.6 Å². The molecule has 0 radical (unpaired) electrons. The van der Waals surface area contributed by atoms with Gasteiger partial charge >= 0.3 is 0 Å². The molecule has 0 bridgehead atoms. The van der Waals surface area contributed by atoms with Crippen LogP contribution in [0.4, 0.5) is 27.4 Å². The third kappa shape index (κ3) is 8.24. The van der Waals surface area contributed by atoms with Gasteiger partial charge in [0.25, 0.3) is 0 Å². The number of nitrogens with zero attached hydrogens (tertiary/aromatic N) is 3. The molecule has 0 fully saturated rings. The van der Waals surface area contributed by atoms with Gasteiger partial charge in [0.1, 0.15) is 5.82 Å². The van der Waals surface area contributed by atoms with Crippen molar-refractivity contribution in [1.29, 1.82) is 0 Å². The van der Waals surface area contributed by atoms with Crippen LogP contribution in [0.5, 0.6) is 0 Å². The molecule has 0 aliphatic heterocycles. The van der Waals surface area contributed by atoms with E-state index in [1.54, 1.807) is 0 Å². The number of rotatable bonds is 7. The number of fused-ring (bicyclic) bond motifs is 1. The molecule has 182 valence electrons. The van der Waals surface area contributed by atoms with Crippen molar-refractivity contribution in [3.8, 4) is 0 Å². The summed E-state index contributed by atoms with van der Waals surface area (Å²) < 4.78 is 16.6. The van der Waals surface area contributed by atoms with Crippen molar-refractivity contribution in [2.75, 3.05) is 42.3 Å². The van der Waals surface area contributed by atoms with Crippen LogP contribution in [-0.2, 0) is 4.79 Å². The summed E-state index contributed by atoms with van der Waals surface area (Å²) in [5.41, 5.74) is 3.92. The van der Waals surface area contributed by atoms with E-state index in [-0.39, 0.29) is 11.7 Å². The van der Waals surface area contributed by atoms with E-state index in [4.69, 9.17) is 0 Å². The van der Waals surface area contributed by atoms with Crippen LogP contribution in [0.15, 0.2) is 72.8 Å². The maximum atomic E-state index is 13.5. The van der Waals surface area contributed by atoms with Gasteiger partial charge in [-0.3, -0.25) is 4.79 Å². The molecule has 0 saturated heterocycles. The minimum Gasteiger partial charge on any atom is -0.337 e. The number of amides is 1. The van der Waals surface area contributed by atoms with Gasteiger partial charge in [-0.15, -0.1) is 0 Å². The number of aromatic nitrogens is 2. The summed E-state index contributed by atoms with van der Waals surface area (Å²) in [4.78, 5) is 22.2. The van der Waals surface area contributed by atoms with Crippen LogP contribution in [-0.4, -0.2) is 47.7 Å². The Morgan fingerprint density at radius 2 is 1.54 bits per heavy atom. The highest BCUT2D eigenvalue weighted by Gasteiger charge is 2.09. The summed E-state index contributed by atoms with van der Waals surface area (Å²) in [6, 6.07) is 21.9. The number of carbonyl (C=O) groups is 1. The van der Waals surface area contributed by atoms with Crippen LogP contribution in [0.1, 0.15) is 5.56 Å². The fraction of sp³-hybridized carbons (Fsp3) is 0.192. The topological polar surface area (TPSA) is 82.2 Å². The summed E-state index contributed by atoms with van der Waals surface area (Å²) in [5.74, 6) is 0.915. The first-order valence-electron chi connectivity index (χ1n) is 10.9. The van der Waals surface area contributed by atoms with E-state index in [9.17, 15) is 9.18 Å². The number of para-hydroxylation sites is 3. The number of anilines is 4. The molecule has 4 aromatic rings. The molecule has 0 unspecified atom stereocenters. The molecule has 0 atom stereocenters. The van der Waals surface area contributed by atoms with Crippen molar-refractivity contribution < 1.29 is 9.18 Å². The van der Waals surface area contributed by atoms with Gasteiger partial charge < -0.3 is 20.3 Å². The van der Waals surface area contributed by atoms with Crippen molar-refractivity contribution >= 4 is 51.9 Å². The van der Waals surface area contributed by atoms with Gasteiger partial charge in [-0.1, -0.05) is 42.3 Å². The second-order valence-electron chi connectivity index (χ2n) is 8.01. The zero-order chi connectivity index (χ0) is 25.2. The van der Waals surface area contributed by atoms with Crippen LogP contribution in [0.2, 0.25) is 0 Å². The van der Waals surface area contributed by atoms with E-state index in [0.717, 1.165) is 22.3 Å². The van der Waals surface area contributed by atoms with E-state index >= 15 is 0 Å². The number of likely N-dealkylation sites (N-methyl/N-ethyl adjacent to an activating group) is 1. The lowest BCUT2D eigenvalue weighted by Gasteiger charge is -2.12. The summed E-state index contributed by atoms with van der Waals surface area (Å²) in [6.07, 6.45) is 1.91. The Bertz CT molecular complexity index is 1250.